The summed E-state index contributed by atoms with van der Waals surface area (Å²) in [5.41, 5.74) is 4.03. The second-order valence-corrected chi connectivity index (χ2v) is 6.34. The Kier molecular flexibility index (Phi) is 2.83. The second kappa shape index (κ2) is 4.14. The third kappa shape index (κ3) is 1.66. The fraction of sp³-hybridized carbons (Fsp3) is 0.600. The van der Waals surface area contributed by atoms with Crippen LogP contribution in [0.5, 0.6) is 5.75 Å². The van der Waals surface area contributed by atoms with Crippen molar-refractivity contribution in [3.63, 3.8) is 0 Å². The molecule has 0 aromatic heterocycles. The summed E-state index contributed by atoms with van der Waals surface area (Å²) >= 11 is 6.52. The molecule has 0 fully saturated rings. The molecule has 3 rings (SSSR count). The van der Waals surface area contributed by atoms with E-state index in [1.54, 1.807) is 0 Å². The summed E-state index contributed by atoms with van der Waals surface area (Å²) in [5.74, 6) is 1.11. The number of halogens is 1. The Labute approximate surface area is 114 Å². The van der Waals surface area contributed by atoms with E-state index < -0.39 is 0 Å². The lowest BCUT2D eigenvalue weighted by Crippen LogP contribution is -2.21. The van der Waals surface area contributed by atoms with Crippen LogP contribution in [0, 0.1) is 0 Å². The molecule has 98 valence electrons. The monoisotopic (exact) mass is 265 g/mol. The zero-order chi connectivity index (χ0) is 12.9. The van der Waals surface area contributed by atoms with Crippen LogP contribution in [-0.2, 0) is 11.8 Å². The topological polar surface area (TPSA) is 21.3 Å². The van der Waals surface area contributed by atoms with Crippen molar-refractivity contribution < 1.29 is 4.74 Å². The average molecular weight is 266 g/mol. The lowest BCUT2D eigenvalue weighted by Gasteiger charge is -2.21. The summed E-state index contributed by atoms with van der Waals surface area (Å²) < 4.78 is 5.87. The first-order valence-electron chi connectivity index (χ1n) is 6.76. The van der Waals surface area contributed by atoms with Gasteiger partial charge >= 0.3 is 0 Å². The van der Waals surface area contributed by atoms with Crippen molar-refractivity contribution in [1.29, 1.82) is 0 Å². The van der Waals surface area contributed by atoms with Crippen molar-refractivity contribution in [2.75, 3.05) is 13.2 Å². The summed E-state index contributed by atoms with van der Waals surface area (Å²) in [5, 5.41) is 4.46. The van der Waals surface area contributed by atoms with E-state index in [0.717, 1.165) is 36.8 Å². The fourth-order valence-electron chi connectivity index (χ4n) is 3.46. The quantitative estimate of drug-likeness (QED) is 0.882. The number of hydrogen-bond donors (Lipinski definition) is 1. The van der Waals surface area contributed by atoms with Gasteiger partial charge in [0.15, 0.2) is 0 Å². The zero-order valence-corrected chi connectivity index (χ0v) is 12.0. The Balaban J connectivity index is 2.20. The van der Waals surface area contributed by atoms with Crippen LogP contribution in [0.3, 0.4) is 0 Å². The Morgan fingerprint density at radius 1 is 1.50 bits per heavy atom. The normalized spacial score (nSPS) is 23.7. The molecule has 2 aliphatic rings. The summed E-state index contributed by atoms with van der Waals surface area (Å²) in [6, 6.07) is 2.47. The van der Waals surface area contributed by atoms with Gasteiger partial charge in [-0.25, -0.2) is 0 Å². The first-order valence-corrected chi connectivity index (χ1v) is 7.14. The van der Waals surface area contributed by atoms with Crippen LogP contribution in [0.1, 0.15) is 49.9 Å². The first kappa shape index (κ1) is 12.3. The Hall–Kier alpha value is -0.730. The lowest BCUT2D eigenvalue weighted by molar-refractivity contribution is 0.344. The second-order valence-electron chi connectivity index (χ2n) is 5.93. The molecule has 0 saturated carbocycles. The molecule has 1 aromatic carbocycles. The minimum Gasteiger partial charge on any atom is -0.493 e. The summed E-state index contributed by atoms with van der Waals surface area (Å²) in [6.45, 7) is 8.49. The van der Waals surface area contributed by atoms with Gasteiger partial charge in [0.25, 0.3) is 0 Å². The van der Waals surface area contributed by atoms with Crippen molar-refractivity contribution in [2.45, 2.75) is 45.1 Å². The highest BCUT2D eigenvalue weighted by Crippen LogP contribution is 2.53. The minimum atomic E-state index is 0.140. The number of benzene rings is 1. The molecule has 1 atom stereocenters. The molecule has 0 bridgehead atoms. The maximum atomic E-state index is 6.52. The lowest BCUT2D eigenvalue weighted by atomic mass is 9.85. The standard InChI is InChI=1S/C15H20ClNO/c1-4-17-11-8-15(2,3)13-12(11)10(16)7-9-5-6-18-14(9)13/h7,11,17H,4-6,8H2,1-3H3. The van der Waals surface area contributed by atoms with Crippen LogP contribution >= 0.6 is 11.6 Å². The Bertz CT molecular complexity index is 496. The van der Waals surface area contributed by atoms with Gasteiger partial charge in [-0.05, 0) is 35.6 Å². The highest BCUT2D eigenvalue weighted by Gasteiger charge is 2.42. The molecule has 1 aliphatic heterocycles. The maximum Gasteiger partial charge on any atom is 0.126 e. The molecule has 0 saturated heterocycles. The Morgan fingerprint density at radius 3 is 3.00 bits per heavy atom. The number of rotatable bonds is 2. The highest BCUT2D eigenvalue weighted by atomic mass is 35.5. The van der Waals surface area contributed by atoms with E-state index in [0.29, 0.717) is 6.04 Å². The molecular weight excluding hydrogens is 246 g/mol. The molecule has 0 amide bonds. The summed E-state index contributed by atoms with van der Waals surface area (Å²) in [7, 11) is 0. The van der Waals surface area contributed by atoms with E-state index >= 15 is 0 Å². The number of nitrogens with one attached hydrogen (secondary N) is 1. The van der Waals surface area contributed by atoms with E-state index in [4.69, 9.17) is 16.3 Å². The van der Waals surface area contributed by atoms with Gasteiger partial charge in [-0.2, -0.15) is 0 Å². The van der Waals surface area contributed by atoms with Gasteiger partial charge in [0.05, 0.1) is 6.61 Å². The summed E-state index contributed by atoms with van der Waals surface area (Å²) in [6.07, 6.45) is 2.08. The van der Waals surface area contributed by atoms with Crippen LogP contribution in [-0.4, -0.2) is 13.2 Å². The van der Waals surface area contributed by atoms with Crippen LogP contribution in [0.4, 0.5) is 0 Å². The van der Waals surface area contributed by atoms with Gasteiger partial charge in [0.2, 0.25) is 0 Å². The molecule has 2 nitrogen and oxygen atoms in total. The average Bonchev–Trinajstić information content (AvgIpc) is 2.82. The largest absolute Gasteiger partial charge is 0.493 e. The van der Waals surface area contributed by atoms with E-state index in [1.165, 1.54) is 16.7 Å². The molecule has 0 radical (unpaired) electrons. The van der Waals surface area contributed by atoms with Gasteiger partial charge in [0, 0.05) is 23.0 Å². The van der Waals surface area contributed by atoms with Crippen molar-refractivity contribution in [2.24, 2.45) is 0 Å². The van der Waals surface area contributed by atoms with Gasteiger partial charge < -0.3 is 10.1 Å². The van der Waals surface area contributed by atoms with E-state index in [2.05, 4.69) is 32.2 Å². The maximum absolute atomic E-state index is 6.52. The predicted octanol–water partition coefficient (Wildman–Crippen LogP) is 3.61. The SMILES string of the molecule is CCNC1CC(C)(C)c2c3c(cc(Cl)c21)CCO3. The molecular formula is C15H20ClNO. The van der Waals surface area contributed by atoms with E-state index in [-0.39, 0.29) is 5.41 Å². The van der Waals surface area contributed by atoms with Gasteiger partial charge in [-0.1, -0.05) is 32.4 Å². The predicted molar refractivity (Wildman–Crippen MR) is 74.7 cm³/mol. The minimum absolute atomic E-state index is 0.140. The van der Waals surface area contributed by atoms with Crippen LogP contribution < -0.4 is 10.1 Å². The third-order valence-electron chi connectivity index (χ3n) is 4.15. The van der Waals surface area contributed by atoms with Crippen molar-refractivity contribution in [3.05, 3.63) is 27.8 Å². The molecule has 0 spiro atoms. The Morgan fingerprint density at radius 2 is 2.28 bits per heavy atom. The third-order valence-corrected chi connectivity index (χ3v) is 4.47. The van der Waals surface area contributed by atoms with Crippen molar-refractivity contribution >= 4 is 11.6 Å². The zero-order valence-electron chi connectivity index (χ0n) is 11.3. The van der Waals surface area contributed by atoms with Crippen LogP contribution in [0.15, 0.2) is 6.07 Å². The van der Waals surface area contributed by atoms with Crippen molar-refractivity contribution in [1.82, 2.24) is 5.32 Å². The first-order chi connectivity index (χ1) is 8.54. The van der Waals surface area contributed by atoms with E-state index in [9.17, 15) is 0 Å². The fourth-order valence-corrected chi connectivity index (χ4v) is 3.82. The van der Waals surface area contributed by atoms with Crippen molar-refractivity contribution in [3.8, 4) is 5.75 Å². The molecule has 18 heavy (non-hydrogen) atoms. The van der Waals surface area contributed by atoms with Gasteiger partial charge in [0.1, 0.15) is 5.75 Å². The molecule has 1 aromatic rings. The highest BCUT2D eigenvalue weighted by molar-refractivity contribution is 6.31. The van der Waals surface area contributed by atoms with Crippen LogP contribution in [0.25, 0.3) is 0 Å². The molecule has 1 aliphatic carbocycles. The molecule has 1 heterocycles. The number of fused-ring (bicyclic) bond motifs is 3. The van der Waals surface area contributed by atoms with E-state index in [1.807, 2.05) is 0 Å². The molecule has 1 N–H and O–H groups in total. The number of ether oxygens (including phenoxy) is 1. The molecule has 3 heteroatoms. The smallest absolute Gasteiger partial charge is 0.126 e. The van der Waals surface area contributed by atoms with Gasteiger partial charge in [-0.3, -0.25) is 0 Å². The molecule has 1 unspecified atom stereocenters. The van der Waals surface area contributed by atoms with Crippen LogP contribution in [0.2, 0.25) is 5.02 Å². The number of hydrogen-bond acceptors (Lipinski definition) is 2. The summed E-state index contributed by atoms with van der Waals surface area (Å²) in [4.78, 5) is 0. The van der Waals surface area contributed by atoms with Gasteiger partial charge in [-0.15, -0.1) is 0 Å².